The van der Waals surface area contributed by atoms with Gasteiger partial charge in [-0.05, 0) is 43.3 Å². The van der Waals surface area contributed by atoms with Gasteiger partial charge in [0.15, 0.2) is 0 Å². The fraction of sp³-hybridized carbons (Fsp3) is 0.435. The van der Waals surface area contributed by atoms with E-state index in [9.17, 15) is 9.18 Å². The molecular formula is C23H30FN3O. The Balaban J connectivity index is 1.51. The molecule has 0 spiro atoms. The Hall–Kier alpha value is -2.24. The zero-order valence-corrected chi connectivity index (χ0v) is 16.6. The van der Waals surface area contributed by atoms with E-state index in [0.717, 1.165) is 50.3 Å². The molecule has 150 valence electrons. The van der Waals surface area contributed by atoms with Crippen molar-refractivity contribution in [1.82, 2.24) is 15.1 Å². The summed E-state index contributed by atoms with van der Waals surface area (Å²) < 4.78 is 13.3. The third-order valence-corrected chi connectivity index (χ3v) is 5.43. The predicted octanol–water partition coefficient (Wildman–Crippen LogP) is 3.10. The predicted molar refractivity (Wildman–Crippen MR) is 111 cm³/mol. The second-order valence-electron chi connectivity index (χ2n) is 7.57. The summed E-state index contributed by atoms with van der Waals surface area (Å²) in [5.74, 6) is -0.292. The van der Waals surface area contributed by atoms with Crippen molar-refractivity contribution in [1.29, 1.82) is 0 Å². The highest BCUT2D eigenvalue weighted by molar-refractivity contribution is 5.77. The molecule has 0 aliphatic carbocycles. The summed E-state index contributed by atoms with van der Waals surface area (Å²) in [5, 5.41) is 3.06. The summed E-state index contributed by atoms with van der Waals surface area (Å²) in [6, 6.07) is 16.4. The number of nitrogens with one attached hydrogen (secondary N) is 1. The lowest BCUT2D eigenvalue weighted by Crippen LogP contribution is -2.45. The highest BCUT2D eigenvalue weighted by Crippen LogP contribution is 2.28. The smallest absolute Gasteiger partial charge is 0.220 e. The minimum absolute atomic E-state index is 0.0385. The quantitative estimate of drug-likeness (QED) is 0.712. The maximum atomic E-state index is 13.3. The SMILES string of the molecule is CN1CCN(CCCNC(=O)CC(c2ccccc2)c2ccc(F)cc2)CC1. The van der Waals surface area contributed by atoms with E-state index in [0.29, 0.717) is 13.0 Å². The fourth-order valence-corrected chi connectivity index (χ4v) is 3.67. The van der Waals surface area contributed by atoms with Gasteiger partial charge in [0.25, 0.3) is 0 Å². The van der Waals surface area contributed by atoms with Crippen LogP contribution in [0.2, 0.25) is 0 Å². The second-order valence-corrected chi connectivity index (χ2v) is 7.57. The van der Waals surface area contributed by atoms with Gasteiger partial charge in [0.1, 0.15) is 5.82 Å². The molecule has 2 aromatic rings. The highest BCUT2D eigenvalue weighted by atomic mass is 19.1. The van der Waals surface area contributed by atoms with Gasteiger partial charge in [-0.25, -0.2) is 4.39 Å². The first-order valence-corrected chi connectivity index (χ1v) is 10.1. The first-order valence-electron chi connectivity index (χ1n) is 10.1. The lowest BCUT2D eigenvalue weighted by Gasteiger charge is -2.32. The average Bonchev–Trinajstić information content (AvgIpc) is 2.72. The highest BCUT2D eigenvalue weighted by Gasteiger charge is 2.18. The Morgan fingerprint density at radius 3 is 2.32 bits per heavy atom. The number of hydrogen-bond acceptors (Lipinski definition) is 3. The number of likely N-dealkylation sites (N-methyl/N-ethyl adjacent to an activating group) is 1. The third-order valence-electron chi connectivity index (χ3n) is 5.43. The van der Waals surface area contributed by atoms with Crippen LogP contribution in [0, 0.1) is 5.82 Å². The summed E-state index contributed by atoms with van der Waals surface area (Å²) in [6.45, 7) is 6.14. The van der Waals surface area contributed by atoms with Crippen molar-refractivity contribution in [2.24, 2.45) is 0 Å². The summed E-state index contributed by atoms with van der Waals surface area (Å²) >= 11 is 0. The molecule has 1 unspecified atom stereocenters. The largest absolute Gasteiger partial charge is 0.356 e. The molecule has 0 saturated carbocycles. The molecule has 3 rings (SSSR count). The number of halogens is 1. The van der Waals surface area contributed by atoms with E-state index in [1.54, 1.807) is 12.1 Å². The van der Waals surface area contributed by atoms with Gasteiger partial charge in [-0.15, -0.1) is 0 Å². The van der Waals surface area contributed by atoms with Crippen molar-refractivity contribution in [3.05, 3.63) is 71.5 Å². The Bertz CT molecular complexity index is 727. The molecule has 1 N–H and O–H groups in total. The topological polar surface area (TPSA) is 35.6 Å². The summed E-state index contributed by atoms with van der Waals surface area (Å²) in [7, 11) is 2.15. The molecule has 1 atom stereocenters. The number of amides is 1. The van der Waals surface area contributed by atoms with Gasteiger partial charge in [-0.1, -0.05) is 42.5 Å². The zero-order chi connectivity index (χ0) is 19.8. The van der Waals surface area contributed by atoms with Gasteiger partial charge in [-0.3, -0.25) is 4.79 Å². The monoisotopic (exact) mass is 383 g/mol. The van der Waals surface area contributed by atoms with E-state index >= 15 is 0 Å². The molecule has 1 heterocycles. The number of benzene rings is 2. The van der Waals surface area contributed by atoms with Crippen molar-refractivity contribution in [2.45, 2.75) is 18.8 Å². The molecular weight excluding hydrogens is 353 g/mol. The summed E-state index contributed by atoms with van der Waals surface area (Å²) in [4.78, 5) is 17.4. The minimum Gasteiger partial charge on any atom is -0.356 e. The first-order chi connectivity index (χ1) is 13.6. The molecule has 2 aromatic carbocycles. The Morgan fingerprint density at radius 2 is 1.64 bits per heavy atom. The van der Waals surface area contributed by atoms with Crippen LogP contribution in [-0.4, -0.2) is 62.0 Å². The Kier molecular flexibility index (Phi) is 7.57. The van der Waals surface area contributed by atoms with Crippen LogP contribution in [0.4, 0.5) is 4.39 Å². The molecule has 0 bridgehead atoms. The number of nitrogens with zero attached hydrogens (tertiary/aromatic N) is 2. The number of carbonyl (C=O) groups is 1. The van der Waals surface area contributed by atoms with Crippen LogP contribution in [0.15, 0.2) is 54.6 Å². The van der Waals surface area contributed by atoms with E-state index in [1.165, 1.54) is 12.1 Å². The van der Waals surface area contributed by atoms with Crippen LogP contribution < -0.4 is 5.32 Å². The Morgan fingerprint density at radius 1 is 1.00 bits per heavy atom. The molecule has 1 fully saturated rings. The molecule has 4 nitrogen and oxygen atoms in total. The van der Waals surface area contributed by atoms with Gasteiger partial charge in [0.2, 0.25) is 5.91 Å². The van der Waals surface area contributed by atoms with Gasteiger partial charge < -0.3 is 15.1 Å². The van der Waals surface area contributed by atoms with Crippen molar-refractivity contribution >= 4 is 5.91 Å². The number of hydrogen-bond donors (Lipinski definition) is 1. The van der Waals surface area contributed by atoms with Crippen molar-refractivity contribution in [2.75, 3.05) is 46.3 Å². The van der Waals surface area contributed by atoms with Gasteiger partial charge in [-0.2, -0.15) is 0 Å². The first kappa shape index (κ1) is 20.5. The zero-order valence-electron chi connectivity index (χ0n) is 16.6. The molecule has 28 heavy (non-hydrogen) atoms. The number of carbonyl (C=O) groups excluding carboxylic acids is 1. The third kappa shape index (κ3) is 6.14. The van der Waals surface area contributed by atoms with Crippen LogP contribution in [0.3, 0.4) is 0 Å². The number of piperazine rings is 1. The molecule has 0 aromatic heterocycles. The van der Waals surface area contributed by atoms with E-state index in [2.05, 4.69) is 22.2 Å². The van der Waals surface area contributed by atoms with Gasteiger partial charge >= 0.3 is 0 Å². The van der Waals surface area contributed by atoms with Crippen LogP contribution in [-0.2, 0) is 4.79 Å². The van der Waals surface area contributed by atoms with Gasteiger partial charge in [0, 0.05) is 45.1 Å². The maximum absolute atomic E-state index is 13.3. The van der Waals surface area contributed by atoms with Crippen LogP contribution in [0.1, 0.15) is 29.9 Å². The molecule has 1 saturated heterocycles. The summed E-state index contributed by atoms with van der Waals surface area (Å²) in [5.41, 5.74) is 2.03. The van der Waals surface area contributed by atoms with Crippen molar-refractivity contribution < 1.29 is 9.18 Å². The van der Waals surface area contributed by atoms with E-state index in [4.69, 9.17) is 0 Å². The Labute approximate surface area is 167 Å². The van der Waals surface area contributed by atoms with Crippen LogP contribution >= 0.6 is 0 Å². The molecule has 5 heteroatoms. The minimum atomic E-state index is -0.260. The van der Waals surface area contributed by atoms with Crippen LogP contribution in [0.5, 0.6) is 0 Å². The second kappa shape index (κ2) is 10.3. The molecule has 1 amide bonds. The lowest BCUT2D eigenvalue weighted by molar-refractivity contribution is -0.121. The van der Waals surface area contributed by atoms with Crippen LogP contribution in [0.25, 0.3) is 0 Å². The normalized spacial score (nSPS) is 16.6. The fourth-order valence-electron chi connectivity index (χ4n) is 3.67. The van der Waals surface area contributed by atoms with E-state index in [1.807, 2.05) is 30.3 Å². The standard InChI is InChI=1S/C23H30FN3O/c1-26-14-16-27(17-15-26)13-5-12-25-23(28)18-22(19-6-3-2-4-7-19)20-8-10-21(24)11-9-20/h2-4,6-11,22H,5,12-18H2,1H3,(H,25,28). The van der Waals surface area contributed by atoms with E-state index in [-0.39, 0.29) is 17.6 Å². The number of rotatable bonds is 8. The molecule has 1 aliphatic rings. The maximum Gasteiger partial charge on any atom is 0.220 e. The van der Waals surface area contributed by atoms with Gasteiger partial charge in [0.05, 0.1) is 0 Å². The van der Waals surface area contributed by atoms with E-state index < -0.39 is 0 Å². The average molecular weight is 384 g/mol. The van der Waals surface area contributed by atoms with Crippen molar-refractivity contribution in [3.8, 4) is 0 Å². The summed E-state index contributed by atoms with van der Waals surface area (Å²) in [6.07, 6.45) is 1.33. The molecule has 1 aliphatic heterocycles. The van der Waals surface area contributed by atoms with Crippen molar-refractivity contribution in [3.63, 3.8) is 0 Å². The lowest BCUT2D eigenvalue weighted by atomic mass is 9.88. The molecule has 0 radical (unpaired) electrons.